The molecule has 0 fully saturated rings. The van der Waals surface area contributed by atoms with E-state index in [1.807, 2.05) is 78.9 Å². The summed E-state index contributed by atoms with van der Waals surface area (Å²) in [6.45, 7) is 0. The Kier molecular flexibility index (Phi) is 6.79. The molecule has 0 atom stereocenters. The second-order valence-electron chi connectivity index (χ2n) is 14.0. The SMILES string of the molecule is O=C1c2cccc(-n3c4ccccc4c4cccc(-n5c6ccccc6c6ccccc65)c43)c2C(=O)N1c1cccc(-c2ccccc2)c1-c1ccccc1. The standard InChI is InChI=1S/C50H31N3O2/c54-49-39-25-15-30-44(47(39)50(55)53(49)43-29-13-23-34(32-16-3-1-4-17-32)46(43)33-18-5-2-6-19-33)52-42-28-12-9-22-37(42)38-24-14-31-45(48(38)52)51-40-26-10-7-20-35(40)36-21-8-11-27-41(36)51/h1-31H. The first kappa shape index (κ1) is 31.1. The highest BCUT2D eigenvalue weighted by molar-refractivity contribution is 6.37. The highest BCUT2D eigenvalue weighted by Crippen LogP contribution is 2.45. The zero-order valence-corrected chi connectivity index (χ0v) is 29.6. The summed E-state index contributed by atoms with van der Waals surface area (Å²) >= 11 is 0. The van der Waals surface area contributed by atoms with Crippen LogP contribution >= 0.6 is 0 Å². The maximum atomic E-state index is 15.2. The van der Waals surface area contributed by atoms with E-state index in [9.17, 15) is 4.79 Å². The Morgan fingerprint density at radius 2 is 0.782 bits per heavy atom. The van der Waals surface area contributed by atoms with E-state index in [4.69, 9.17) is 0 Å². The van der Waals surface area contributed by atoms with Gasteiger partial charge in [-0.25, -0.2) is 4.90 Å². The number of para-hydroxylation sites is 4. The highest BCUT2D eigenvalue weighted by atomic mass is 16.2. The maximum absolute atomic E-state index is 15.2. The van der Waals surface area contributed by atoms with E-state index in [-0.39, 0.29) is 11.8 Å². The van der Waals surface area contributed by atoms with Crippen molar-refractivity contribution in [2.24, 2.45) is 0 Å². The number of rotatable bonds is 5. The van der Waals surface area contributed by atoms with Gasteiger partial charge in [-0.2, -0.15) is 0 Å². The Balaban J connectivity index is 1.18. The fourth-order valence-corrected chi connectivity index (χ4v) is 8.78. The molecule has 1 aliphatic heterocycles. The summed E-state index contributed by atoms with van der Waals surface area (Å²) in [5, 5.41) is 4.46. The van der Waals surface area contributed by atoms with E-state index in [0.29, 0.717) is 22.5 Å². The minimum absolute atomic E-state index is 0.340. The molecule has 0 saturated carbocycles. The predicted molar refractivity (Wildman–Crippen MR) is 224 cm³/mol. The molecule has 8 aromatic carbocycles. The molecule has 2 amide bonds. The number of carbonyl (C=O) groups excluding carboxylic acids is 2. The lowest BCUT2D eigenvalue weighted by Crippen LogP contribution is -2.30. The number of imide groups is 1. The van der Waals surface area contributed by atoms with Crippen molar-refractivity contribution in [2.45, 2.75) is 0 Å². The first-order valence-electron chi connectivity index (χ1n) is 18.5. The molecule has 0 bridgehead atoms. The summed E-state index contributed by atoms with van der Waals surface area (Å²) in [6.07, 6.45) is 0. The quantitative estimate of drug-likeness (QED) is 0.167. The topological polar surface area (TPSA) is 47.2 Å². The van der Waals surface area contributed by atoms with Crippen molar-refractivity contribution in [2.75, 3.05) is 4.90 Å². The Bertz CT molecular complexity index is 3140. The molecular weight excluding hydrogens is 675 g/mol. The van der Waals surface area contributed by atoms with E-state index in [0.717, 1.165) is 60.8 Å². The van der Waals surface area contributed by atoms with E-state index in [1.54, 1.807) is 6.07 Å². The van der Waals surface area contributed by atoms with Crippen molar-refractivity contribution in [1.29, 1.82) is 0 Å². The van der Waals surface area contributed by atoms with Gasteiger partial charge in [-0.05, 0) is 59.2 Å². The van der Waals surface area contributed by atoms with Gasteiger partial charge in [0.05, 0.1) is 50.3 Å². The van der Waals surface area contributed by atoms with Crippen molar-refractivity contribution in [3.8, 4) is 33.6 Å². The Hall–Kier alpha value is -7.50. The number of aromatic nitrogens is 2. The summed E-state index contributed by atoms with van der Waals surface area (Å²) < 4.78 is 4.52. The van der Waals surface area contributed by atoms with Gasteiger partial charge < -0.3 is 9.13 Å². The maximum Gasteiger partial charge on any atom is 0.268 e. The Morgan fingerprint density at radius 1 is 0.309 bits per heavy atom. The lowest BCUT2D eigenvalue weighted by atomic mass is 9.92. The van der Waals surface area contributed by atoms with Gasteiger partial charge in [-0.3, -0.25) is 9.59 Å². The normalized spacial score (nSPS) is 12.8. The molecular formula is C50H31N3O2. The molecule has 5 nitrogen and oxygen atoms in total. The minimum Gasteiger partial charge on any atom is -0.307 e. The molecule has 10 aromatic rings. The molecule has 0 aliphatic carbocycles. The molecule has 0 unspecified atom stereocenters. The third-order valence-corrected chi connectivity index (χ3v) is 11.1. The van der Waals surface area contributed by atoms with Crippen LogP contribution in [-0.4, -0.2) is 20.9 Å². The van der Waals surface area contributed by atoms with Crippen molar-refractivity contribution >= 4 is 61.1 Å². The van der Waals surface area contributed by atoms with Crippen LogP contribution in [-0.2, 0) is 0 Å². The smallest absolute Gasteiger partial charge is 0.268 e. The van der Waals surface area contributed by atoms with Crippen LogP contribution in [0.25, 0.3) is 77.2 Å². The van der Waals surface area contributed by atoms with Crippen LogP contribution < -0.4 is 4.90 Å². The van der Waals surface area contributed by atoms with Gasteiger partial charge in [0.1, 0.15) is 0 Å². The van der Waals surface area contributed by atoms with Crippen molar-refractivity contribution in [3.63, 3.8) is 0 Å². The van der Waals surface area contributed by atoms with E-state index >= 15 is 4.79 Å². The largest absolute Gasteiger partial charge is 0.307 e. The third kappa shape index (κ3) is 4.47. The van der Waals surface area contributed by atoms with Crippen molar-refractivity contribution < 1.29 is 9.59 Å². The molecule has 55 heavy (non-hydrogen) atoms. The van der Waals surface area contributed by atoms with Crippen LogP contribution in [0, 0.1) is 0 Å². The second-order valence-corrected chi connectivity index (χ2v) is 14.0. The molecule has 3 heterocycles. The minimum atomic E-state index is -0.349. The van der Waals surface area contributed by atoms with Crippen molar-refractivity contribution in [1.82, 2.24) is 9.13 Å². The Labute approximate surface area is 316 Å². The summed E-state index contributed by atoms with van der Waals surface area (Å²) in [5.74, 6) is -0.689. The van der Waals surface area contributed by atoms with E-state index < -0.39 is 0 Å². The van der Waals surface area contributed by atoms with Gasteiger partial charge in [0.25, 0.3) is 11.8 Å². The number of nitrogens with zero attached hydrogens (tertiary/aromatic N) is 3. The third-order valence-electron chi connectivity index (χ3n) is 11.1. The second kappa shape index (κ2) is 12.0. The molecule has 0 radical (unpaired) electrons. The lowest BCUT2D eigenvalue weighted by molar-refractivity contribution is 0.0926. The molecule has 258 valence electrons. The molecule has 5 heteroatoms. The number of anilines is 1. The zero-order valence-electron chi connectivity index (χ0n) is 29.6. The van der Waals surface area contributed by atoms with Crippen molar-refractivity contribution in [3.05, 3.63) is 199 Å². The number of benzene rings is 8. The molecule has 2 aromatic heterocycles. The van der Waals surface area contributed by atoms with Gasteiger partial charge in [-0.1, -0.05) is 146 Å². The molecule has 11 rings (SSSR count). The highest BCUT2D eigenvalue weighted by Gasteiger charge is 2.41. The number of carbonyl (C=O) groups is 2. The van der Waals surface area contributed by atoms with Crippen LogP contribution in [0.2, 0.25) is 0 Å². The average molecular weight is 706 g/mol. The van der Waals surface area contributed by atoms with Crippen LogP contribution in [0.15, 0.2) is 188 Å². The first-order valence-corrected chi connectivity index (χ1v) is 18.5. The van der Waals surface area contributed by atoms with Gasteiger partial charge >= 0.3 is 0 Å². The lowest BCUT2D eigenvalue weighted by Gasteiger charge is -2.22. The van der Waals surface area contributed by atoms with Gasteiger partial charge in [-0.15, -0.1) is 0 Å². The summed E-state index contributed by atoms with van der Waals surface area (Å²) in [7, 11) is 0. The van der Waals surface area contributed by atoms with Crippen LogP contribution in [0.5, 0.6) is 0 Å². The number of fused-ring (bicyclic) bond motifs is 7. The molecule has 0 saturated heterocycles. The predicted octanol–water partition coefficient (Wildman–Crippen LogP) is 12.0. The van der Waals surface area contributed by atoms with E-state index in [1.165, 1.54) is 15.7 Å². The van der Waals surface area contributed by atoms with Crippen LogP contribution in [0.1, 0.15) is 20.7 Å². The number of amides is 2. The molecule has 0 spiro atoms. The number of hydrogen-bond acceptors (Lipinski definition) is 2. The fraction of sp³-hybridized carbons (Fsp3) is 0. The summed E-state index contributed by atoms with van der Waals surface area (Å²) in [4.78, 5) is 31.3. The monoisotopic (exact) mass is 705 g/mol. The first-order chi connectivity index (χ1) is 27.2. The summed E-state index contributed by atoms with van der Waals surface area (Å²) in [6, 6.07) is 63.3. The van der Waals surface area contributed by atoms with Crippen LogP contribution in [0.4, 0.5) is 5.69 Å². The van der Waals surface area contributed by atoms with Gasteiger partial charge in [0.15, 0.2) is 0 Å². The molecule has 0 N–H and O–H groups in total. The average Bonchev–Trinajstić information content (AvgIpc) is 3.86. The fourth-order valence-electron chi connectivity index (χ4n) is 8.78. The van der Waals surface area contributed by atoms with Crippen LogP contribution in [0.3, 0.4) is 0 Å². The van der Waals surface area contributed by atoms with Gasteiger partial charge in [0, 0.05) is 27.1 Å². The Morgan fingerprint density at radius 3 is 1.44 bits per heavy atom. The number of hydrogen-bond donors (Lipinski definition) is 0. The van der Waals surface area contributed by atoms with Gasteiger partial charge in [0.2, 0.25) is 0 Å². The zero-order chi connectivity index (χ0) is 36.6. The molecule has 1 aliphatic rings. The van der Waals surface area contributed by atoms with E-state index in [2.05, 4.69) is 112 Å². The summed E-state index contributed by atoms with van der Waals surface area (Å²) in [5.41, 5.74) is 10.8.